The van der Waals surface area contributed by atoms with Crippen molar-refractivity contribution >= 4 is 17.9 Å². The third-order valence-corrected chi connectivity index (χ3v) is 2.67. The van der Waals surface area contributed by atoms with Gasteiger partial charge >= 0.3 is 0 Å². The van der Waals surface area contributed by atoms with Crippen LogP contribution >= 0.6 is 0 Å². The van der Waals surface area contributed by atoms with Gasteiger partial charge in [-0.05, 0) is 41.3 Å². The maximum absolute atomic E-state index is 11.7. The fraction of sp³-hybridized carbons (Fsp3) is 0.231. The number of fused-ring (bicyclic) bond motifs is 1. The van der Waals surface area contributed by atoms with Gasteiger partial charge < -0.3 is 0 Å². The largest absolute Gasteiger partial charge is 0.294 e. The standard InChI is InChI=1S/C13H13NO/c1-3-9-5-11-8-14-12(4-2)6-10(11)7-13(9)15/h4-6,8H,2-3,7H2,1H3. The van der Waals surface area contributed by atoms with Crippen LogP contribution in [-0.4, -0.2) is 10.8 Å². The van der Waals surface area contributed by atoms with E-state index in [0.29, 0.717) is 6.42 Å². The number of hydrogen-bond donors (Lipinski definition) is 0. The molecule has 0 N–H and O–H groups in total. The van der Waals surface area contributed by atoms with Gasteiger partial charge in [-0.15, -0.1) is 0 Å². The highest BCUT2D eigenvalue weighted by Crippen LogP contribution is 2.23. The number of nitrogens with zero attached hydrogens (tertiary/aromatic N) is 1. The Morgan fingerprint density at radius 3 is 3.07 bits per heavy atom. The highest BCUT2D eigenvalue weighted by Gasteiger charge is 2.17. The second-order valence-electron chi connectivity index (χ2n) is 3.64. The fourth-order valence-electron chi connectivity index (χ4n) is 1.77. The van der Waals surface area contributed by atoms with E-state index in [-0.39, 0.29) is 5.78 Å². The lowest BCUT2D eigenvalue weighted by molar-refractivity contribution is -0.115. The molecule has 0 aliphatic heterocycles. The first-order valence-electron chi connectivity index (χ1n) is 5.09. The number of allylic oxidation sites excluding steroid dienone is 1. The summed E-state index contributed by atoms with van der Waals surface area (Å²) >= 11 is 0. The van der Waals surface area contributed by atoms with Crippen molar-refractivity contribution in [2.75, 3.05) is 0 Å². The van der Waals surface area contributed by atoms with Crippen molar-refractivity contribution < 1.29 is 4.79 Å². The highest BCUT2D eigenvalue weighted by molar-refractivity contribution is 6.03. The van der Waals surface area contributed by atoms with Gasteiger partial charge in [-0.3, -0.25) is 9.78 Å². The number of ketones is 1. The molecular weight excluding hydrogens is 186 g/mol. The summed E-state index contributed by atoms with van der Waals surface area (Å²) in [6, 6.07) is 1.93. The van der Waals surface area contributed by atoms with E-state index in [1.165, 1.54) is 0 Å². The van der Waals surface area contributed by atoms with Crippen molar-refractivity contribution in [3.8, 4) is 0 Å². The van der Waals surface area contributed by atoms with Gasteiger partial charge in [0.05, 0.1) is 5.69 Å². The Labute approximate surface area is 89.3 Å². The van der Waals surface area contributed by atoms with E-state index < -0.39 is 0 Å². The monoisotopic (exact) mass is 199 g/mol. The molecule has 0 fully saturated rings. The lowest BCUT2D eigenvalue weighted by atomic mass is 9.91. The molecule has 0 saturated heterocycles. The number of pyridine rings is 1. The maximum Gasteiger partial charge on any atom is 0.163 e. The number of hydrogen-bond acceptors (Lipinski definition) is 2. The molecule has 0 atom stereocenters. The first-order valence-corrected chi connectivity index (χ1v) is 5.09. The van der Waals surface area contributed by atoms with Crippen molar-refractivity contribution in [3.63, 3.8) is 0 Å². The van der Waals surface area contributed by atoms with Crippen molar-refractivity contribution in [1.29, 1.82) is 0 Å². The highest BCUT2D eigenvalue weighted by atomic mass is 16.1. The normalized spacial score (nSPS) is 14.5. The van der Waals surface area contributed by atoms with Gasteiger partial charge in [0.2, 0.25) is 0 Å². The third-order valence-electron chi connectivity index (χ3n) is 2.67. The predicted molar refractivity (Wildman–Crippen MR) is 61.3 cm³/mol. The number of carbonyl (C=O) groups is 1. The van der Waals surface area contributed by atoms with Crippen molar-refractivity contribution in [2.45, 2.75) is 19.8 Å². The molecule has 2 nitrogen and oxygen atoms in total. The van der Waals surface area contributed by atoms with Crippen LogP contribution in [0.15, 0.2) is 24.4 Å². The van der Waals surface area contributed by atoms with Gasteiger partial charge in [-0.1, -0.05) is 13.5 Å². The van der Waals surface area contributed by atoms with Gasteiger partial charge in [0.25, 0.3) is 0 Å². The lowest BCUT2D eigenvalue weighted by Gasteiger charge is -2.14. The van der Waals surface area contributed by atoms with Gasteiger partial charge in [0.15, 0.2) is 5.78 Å². The number of aromatic nitrogens is 1. The Morgan fingerprint density at radius 1 is 1.60 bits per heavy atom. The Bertz CT molecular complexity index is 458. The molecular formula is C13H13NO. The van der Waals surface area contributed by atoms with E-state index in [2.05, 4.69) is 11.6 Å². The summed E-state index contributed by atoms with van der Waals surface area (Å²) in [5.41, 5.74) is 3.85. The summed E-state index contributed by atoms with van der Waals surface area (Å²) in [5.74, 6) is 0.228. The lowest BCUT2D eigenvalue weighted by Crippen LogP contribution is -2.12. The van der Waals surface area contributed by atoms with Crippen LogP contribution in [-0.2, 0) is 11.2 Å². The summed E-state index contributed by atoms with van der Waals surface area (Å²) in [4.78, 5) is 15.9. The van der Waals surface area contributed by atoms with Crippen LogP contribution in [0.4, 0.5) is 0 Å². The molecule has 15 heavy (non-hydrogen) atoms. The predicted octanol–water partition coefficient (Wildman–Crippen LogP) is 2.64. The zero-order chi connectivity index (χ0) is 10.8. The zero-order valence-electron chi connectivity index (χ0n) is 8.79. The minimum absolute atomic E-state index is 0.228. The first-order chi connectivity index (χ1) is 7.24. The minimum atomic E-state index is 0.228. The average molecular weight is 199 g/mol. The summed E-state index contributed by atoms with van der Waals surface area (Å²) in [6.45, 7) is 5.67. The van der Waals surface area contributed by atoms with E-state index in [9.17, 15) is 4.79 Å². The summed E-state index contributed by atoms with van der Waals surface area (Å²) in [7, 11) is 0. The Kier molecular flexibility index (Phi) is 2.50. The van der Waals surface area contributed by atoms with E-state index in [1.54, 1.807) is 6.08 Å². The summed E-state index contributed by atoms with van der Waals surface area (Å²) in [6.07, 6.45) is 6.75. The molecule has 0 aromatic carbocycles. The molecule has 1 aromatic heterocycles. The van der Waals surface area contributed by atoms with Gasteiger partial charge in [0.1, 0.15) is 0 Å². The van der Waals surface area contributed by atoms with Crippen LogP contribution in [0.1, 0.15) is 30.2 Å². The molecule has 1 aliphatic carbocycles. The molecule has 1 heterocycles. The van der Waals surface area contributed by atoms with Gasteiger partial charge in [-0.2, -0.15) is 0 Å². The molecule has 2 heteroatoms. The molecule has 76 valence electrons. The smallest absolute Gasteiger partial charge is 0.163 e. The van der Waals surface area contributed by atoms with E-state index >= 15 is 0 Å². The summed E-state index contributed by atoms with van der Waals surface area (Å²) < 4.78 is 0. The molecule has 2 rings (SSSR count). The number of Topliss-reactive ketones (excluding diaryl/α,β-unsaturated/α-hetero) is 1. The summed E-state index contributed by atoms with van der Waals surface area (Å²) in [5, 5.41) is 0. The Morgan fingerprint density at radius 2 is 2.40 bits per heavy atom. The SMILES string of the molecule is C=Cc1cc2c(cn1)C=C(CC)C(=O)C2. The molecule has 0 amide bonds. The van der Waals surface area contributed by atoms with Crippen LogP contribution in [0.25, 0.3) is 12.2 Å². The van der Waals surface area contributed by atoms with Crippen LogP contribution < -0.4 is 0 Å². The Balaban J connectivity index is 2.50. The van der Waals surface area contributed by atoms with Gasteiger partial charge in [-0.25, -0.2) is 0 Å². The molecule has 1 aromatic rings. The van der Waals surface area contributed by atoms with E-state index in [4.69, 9.17) is 0 Å². The second kappa shape index (κ2) is 3.81. The molecule has 0 radical (unpaired) electrons. The van der Waals surface area contributed by atoms with Crippen LogP contribution in [0.2, 0.25) is 0 Å². The second-order valence-corrected chi connectivity index (χ2v) is 3.64. The van der Waals surface area contributed by atoms with Crippen LogP contribution in [0.3, 0.4) is 0 Å². The average Bonchev–Trinajstić information content (AvgIpc) is 2.27. The van der Waals surface area contributed by atoms with Crippen LogP contribution in [0, 0.1) is 0 Å². The number of rotatable bonds is 2. The quantitative estimate of drug-likeness (QED) is 0.733. The Hall–Kier alpha value is -1.70. The molecule has 0 saturated carbocycles. The third kappa shape index (κ3) is 1.75. The van der Waals surface area contributed by atoms with Crippen molar-refractivity contribution in [1.82, 2.24) is 4.98 Å². The minimum Gasteiger partial charge on any atom is -0.294 e. The van der Waals surface area contributed by atoms with E-state index in [1.807, 2.05) is 25.3 Å². The van der Waals surface area contributed by atoms with Crippen molar-refractivity contribution in [2.24, 2.45) is 0 Å². The number of carbonyl (C=O) groups excluding carboxylic acids is 1. The topological polar surface area (TPSA) is 30.0 Å². The maximum atomic E-state index is 11.7. The van der Waals surface area contributed by atoms with Gasteiger partial charge in [0, 0.05) is 12.6 Å². The first kappa shape index (κ1) is 9.84. The molecule has 0 spiro atoms. The fourth-order valence-corrected chi connectivity index (χ4v) is 1.77. The van der Waals surface area contributed by atoms with E-state index in [0.717, 1.165) is 28.8 Å². The molecule has 0 unspecified atom stereocenters. The molecule has 1 aliphatic rings. The van der Waals surface area contributed by atoms with Crippen LogP contribution in [0.5, 0.6) is 0 Å². The molecule has 0 bridgehead atoms. The van der Waals surface area contributed by atoms with Crippen molar-refractivity contribution in [3.05, 3.63) is 41.2 Å². The zero-order valence-corrected chi connectivity index (χ0v) is 8.79.